The Kier molecular flexibility index (Phi) is 38.2. The Morgan fingerprint density at radius 1 is 0.529 bits per heavy atom. The molecule has 1 aliphatic rings. The van der Waals surface area contributed by atoms with Gasteiger partial charge in [-0.1, -0.05) is 0 Å². The van der Waals surface area contributed by atoms with Crippen molar-refractivity contribution in [1.29, 1.82) is 0 Å². The molecule has 1 atom stereocenters. The quantitative estimate of drug-likeness (QED) is 0.0262. The van der Waals surface area contributed by atoms with E-state index >= 15 is 0 Å². The number of carbonyl (C=O) groups excluding carboxylic acids is 6. The molecule has 0 aromatic heterocycles. The van der Waals surface area contributed by atoms with E-state index in [-0.39, 0.29) is 67.9 Å². The van der Waals surface area contributed by atoms with Gasteiger partial charge in [0.25, 0.3) is 11.8 Å². The molecule has 24 nitrogen and oxygen atoms in total. The van der Waals surface area contributed by atoms with Gasteiger partial charge in [-0.05, 0) is 26.2 Å². The zero-order chi connectivity index (χ0) is 51.6. The van der Waals surface area contributed by atoms with Gasteiger partial charge in [0.2, 0.25) is 17.7 Å². The highest BCUT2D eigenvalue weighted by molar-refractivity contribution is 7.85. The van der Waals surface area contributed by atoms with Crippen LogP contribution in [0.3, 0.4) is 0 Å². The van der Waals surface area contributed by atoms with Crippen LogP contribution in [0.2, 0.25) is 0 Å². The smallest absolute Gasteiger partial charge is 0.407 e. The van der Waals surface area contributed by atoms with E-state index in [1.807, 2.05) is 14.1 Å². The Bertz CT molecular complexity index is 1570. The van der Waals surface area contributed by atoms with Gasteiger partial charge in [-0.3, -0.25) is 28.9 Å². The van der Waals surface area contributed by atoms with Gasteiger partial charge in [-0.25, -0.2) is 13.2 Å². The largest absolute Gasteiger partial charge is 0.748 e. The molecule has 0 spiro atoms. The first-order valence-corrected chi connectivity index (χ1v) is 25.8. The number of ether oxygens (including phenoxy) is 9. The highest BCUT2D eigenvalue weighted by atomic mass is 32.2. The molecule has 0 bridgehead atoms. The topological polar surface area (TPSA) is 294 Å². The van der Waals surface area contributed by atoms with Crippen molar-refractivity contribution in [2.24, 2.45) is 0 Å². The fourth-order valence-corrected chi connectivity index (χ4v) is 6.77. The molecule has 0 aromatic rings. The fraction of sp³-hybridized carbons (Fsp3) is 0.822. The summed E-state index contributed by atoms with van der Waals surface area (Å²) in [6.45, 7) is 11.0. The van der Waals surface area contributed by atoms with Crippen LogP contribution in [-0.4, -0.2) is 235 Å². The van der Waals surface area contributed by atoms with Crippen LogP contribution >= 0.6 is 0 Å². The van der Waals surface area contributed by atoms with E-state index in [2.05, 4.69) is 21.3 Å². The molecule has 1 rings (SSSR count). The van der Waals surface area contributed by atoms with Gasteiger partial charge in [0.05, 0.1) is 150 Å². The van der Waals surface area contributed by atoms with Crippen LogP contribution in [0.25, 0.3) is 0 Å². The third-order valence-electron chi connectivity index (χ3n) is 10.1. The molecule has 6 amide bonds. The Balaban J connectivity index is 1.74. The molecular weight excluding hydrogens is 945 g/mol. The lowest BCUT2D eigenvalue weighted by Crippen LogP contribution is -2.42. The molecule has 0 aromatic carbocycles. The maximum absolute atomic E-state index is 12.0. The second kappa shape index (κ2) is 41.7. The number of unbranched alkanes of at least 4 members (excludes halogenated alkanes) is 2. The molecule has 406 valence electrons. The molecule has 4 N–H and O–H groups in total. The summed E-state index contributed by atoms with van der Waals surface area (Å²) in [7, 11) is -0.314. The van der Waals surface area contributed by atoms with Gasteiger partial charge in [0, 0.05) is 88.7 Å². The van der Waals surface area contributed by atoms with Crippen LogP contribution in [0.5, 0.6) is 0 Å². The van der Waals surface area contributed by atoms with Crippen molar-refractivity contribution in [2.75, 3.05) is 171 Å². The fourth-order valence-electron chi connectivity index (χ4n) is 6.29. The summed E-state index contributed by atoms with van der Waals surface area (Å²) in [5.74, 6) is -1.53. The van der Waals surface area contributed by atoms with E-state index in [0.29, 0.717) is 162 Å². The number of amides is 6. The molecular formula is C45H82N6O18S. The van der Waals surface area contributed by atoms with Gasteiger partial charge in [0.1, 0.15) is 0 Å². The van der Waals surface area contributed by atoms with Crippen LogP contribution < -0.4 is 21.3 Å². The van der Waals surface area contributed by atoms with Crippen molar-refractivity contribution >= 4 is 45.7 Å². The van der Waals surface area contributed by atoms with E-state index in [0.717, 1.165) is 24.2 Å². The van der Waals surface area contributed by atoms with Crippen LogP contribution in [0.1, 0.15) is 64.7 Å². The van der Waals surface area contributed by atoms with Crippen LogP contribution in [0.15, 0.2) is 12.2 Å². The Morgan fingerprint density at radius 3 is 1.43 bits per heavy atom. The number of rotatable bonds is 48. The minimum atomic E-state index is -4.20. The third kappa shape index (κ3) is 39.8. The number of hydrogen-bond donors (Lipinski definition) is 4. The van der Waals surface area contributed by atoms with Crippen molar-refractivity contribution < 1.29 is 88.9 Å². The SMILES string of the molecule is CC(CCOC(=O)NCCC(=O)NCCCCCNC(=O)CCOCCOCCOCCOCCOCCOCCOCCOCCNC(=O)CCC[N+](C)(C)CCCS(=O)(=O)[O-])N1C(=O)C=CC1=O. The second-order valence-corrected chi connectivity index (χ2v) is 18.2. The molecule has 0 fully saturated rings. The molecule has 70 heavy (non-hydrogen) atoms. The van der Waals surface area contributed by atoms with Gasteiger partial charge in [-0.2, -0.15) is 0 Å². The Morgan fingerprint density at radius 2 is 0.943 bits per heavy atom. The maximum Gasteiger partial charge on any atom is 0.407 e. The van der Waals surface area contributed by atoms with Crippen molar-refractivity contribution in [3.63, 3.8) is 0 Å². The molecule has 0 saturated carbocycles. The molecule has 1 heterocycles. The number of alkyl carbamates (subject to hydrolysis) is 1. The minimum Gasteiger partial charge on any atom is -0.748 e. The monoisotopic (exact) mass is 1030 g/mol. The lowest BCUT2D eigenvalue weighted by atomic mass is 10.2. The third-order valence-corrected chi connectivity index (χ3v) is 10.9. The average Bonchev–Trinajstić information content (AvgIpc) is 3.64. The van der Waals surface area contributed by atoms with Gasteiger partial charge in [-0.15, -0.1) is 0 Å². The van der Waals surface area contributed by atoms with E-state index in [4.69, 9.17) is 42.6 Å². The average molecular weight is 1030 g/mol. The van der Waals surface area contributed by atoms with Gasteiger partial charge < -0.3 is 72.9 Å². The number of carbonyl (C=O) groups is 6. The molecule has 0 aliphatic carbocycles. The van der Waals surface area contributed by atoms with Crippen LogP contribution in [0, 0.1) is 0 Å². The van der Waals surface area contributed by atoms with E-state index in [1.165, 1.54) is 12.2 Å². The van der Waals surface area contributed by atoms with Crippen molar-refractivity contribution in [3.05, 3.63) is 12.2 Å². The molecule has 0 radical (unpaired) electrons. The summed E-state index contributed by atoms with van der Waals surface area (Å²) in [4.78, 5) is 72.4. The van der Waals surface area contributed by atoms with Crippen molar-refractivity contribution in [1.82, 2.24) is 26.2 Å². The summed E-state index contributed by atoms with van der Waals surface area (Å²) in [5.41, 5.74) is 0. The zero-order valence-corrected chi connectivity index (χ0v) is 42.5. The van der Waals surface area contributed by atoms with Crippen LogP contribution in [0.4, 0.5) is 4.79 Å². The Labute approximate surface area is 414 Å². The Hall–Kier alpha value is -3.89. The second-order valence-electron chi connectivity index (χ2n) is 16.7. The van der Waals surface area contributed by atoms with Gasteiger partial charge in [0.15, 0.2) is 0 Å². The lowest BCUT2D eigenvalue weighted by Gasteiger charge is -2.30. The number of nitrogens with one attached hydrogen (secondary N) is 4. The predicted octanol–water partition coefficient (Wildman–Crippen LogP) is -0.360. The molecule has 1 unspecified atom stereocenters. The summed E-state index contributed by atoms with van der Waals surface area (Å²) >= 11 is 0. The van der Waals surface area contributed by atoms with Crippen molar-refractivity contribution in [2.45, 2.75) is 70.8 Å². The first kappa shape index (κ1) is 64.1. The minimum absolute atomic E-state index is 0.0186. The zero-order valence-electron chi connectivity index (χ0n) is 41.7. The molecule has 1 aliphatic heterocycles. The highest BCUT2D eigenvalue weighted by Gasteiger charge is 2.28. The molecule has 0 saturated heterocycles. The van der Waals surface area contributed by atoms with Crippen molar-refractivity contribution in [3.8, 4) is 0 Å². The lowest BCUT2D eigenvalue weighted by molar-refractivity contribution is -0.890. The number of quaternary nitrogens is 1. The summed E-state index contributed by atoms with van der Waals surface area (Å²) in [5, 5.41) is 10.9. The number of hydrogen-bond acceptors (Lipinski definition) is 18. The standard InChI is InChI=1S/C45H82N6O18S/c1-39(50-43(55)10-11-44(50)56)13-22-69-45(57)49-17-12-41(53)46-15-5-4-6-16-47-42(54)14-21-61-24-26-63-28-30-65-32-34-67-36-37-68-35-33-66-31-29-64-27-25-62-23-18-48-40(52)9-7-19-51(2,3)20-8-38-70(58,59)60/h10-11,39H,4-9,12-38H2,1-3H3,(H4-,46,47,48,49,52,53,54,57,58,59,60). The predicted molar refractivity (Wildman–Crippen MR) is 253 cm³/mol. The summed E-state index contributed by atoms with van der Waals surface area (Å²) in [6, 6.07) is -0.407. The first-order valence-electron chi connectivity index (χ1n) is 24.2. The van der Waals surface area contributed by atoms with Crippen LogP contribution in [-0.2, 0) is 76.7 Å². The van der Waals surface area contributed by atoms with E-state index < -0.39 is 22.3 Å². The number of nitrogens with zero attached hydrogens (tertiary/aromatic N) is 2. The highest BCUT2D eigenvalue weighted by Crippen LogP contribution is 2.12. The molecule has 25 heteroatoms. The normalized spacial score (nSPS) is 13.2. The van der Waals surface area contributed by atoms with E-state index in [9.17, 15) is 41.7 Å². The number of imide groups is 1. The summed E-state index contributed by atoms with van der Waals surface area (Å²) < 4.78 is 81.7. The first-order chi connectivity index (χ1) is 33.6. The van der Waals surface area contributed by atoms with E-state index in [1.54, 1.807) is 6.92 Å². The maximum atomic E-state index is 12.0. The summed E-state index contributed by atoms with van der Waals surface area (Å²) in [6.07, 6.45) is 6.00. The van der Waals surface area contributed by atoms with Gasteiger partial charge >= 0.3 is 6.09 Å².